The molecule has 0 unspecified atom stereocenters. The van der Waals surface area contributed by atoms with Crippen LogP contribution in [0, 0.1) is 19.7 Å². The van der Waals surface area contributed by atoms with Crippen molar-refractivity contribution in [2.45, 2.75) is 47.2 Å². The fourth-order valence-electron chi connectivity index (χ4n) is 3.02. The number of hydrogen-bond donors (Lipinski definition) is 0. The van der Waals surface area contributed by atoms with Crippen LogP contribution in [0.4, 0.5) is 17.6 Å². The van der Waals surface area contributed by atoms with Gasteiger partial charge in [-0.05, 0) is 43.2 Å². The Morgan fingerprint density at radius 2 is 1.75 bits per heavy atom. The molecule has 0 radical (unpaired) electrons. The second-order valence-electron chi connectivity index (χ2n) is 6.09. The van der Waals surface area contributed by atoms with E-state index in [1.807, 2.05) is 13.8 Å². The third kappa shape index (κ3) is 3.79. The quantitative estimate of drug-likeness (QED) is 0.519. The maximum absolute atomic E-state index is 13.8. The molecule has 0 saturated carbocycles. The summed E-state index contributed by atoms with van der Waals surface area (Å²) in [6.07, 6.45) is -4.23. The number of aryl methyl sites for hydroxylation is 2. The molecule has 2 aromatic carbocycles. The Hall–Kier alpha value is -2.70. The largest absolute Gasteiger partial charge is 0.416 e. The fraction of sp³-hybridized carbons (Fsp3) is 0.333. The van der Waals surface area contributed by atoms with Crippen molar-refractivity contribution in [2.24, 2.45) is 0 Å². The number of benzene rings is 2. The van der Waals surface area contributed by atoms with E-state index in [0.29, 0.717) is 6.42 Å². The SMILES string of the molecule is CC.CCc1nc2cc(F)c(C)cc2c(=O)n1-c1cccc(C(F)(F)F)c1C. The molecule has 1 aromatic heterocycles. The van der Waals surface area contributed by atoms with Crippen molar-refractivity contribution in [3.8, 4) is 5.69 Å². The monoisotopic (exact) mass is 394 g/mol. The van der Waals surface area contributed by atoms with E-state index in [2.05, 4.69) is 4.98 Å². The highest BCUT2D eigenvalue weighted by Crippen LogP contribution is 2.34. The van der Waals surface area contributed by atoms with Crippen molar-refractivity contribution >= 4 is 10.9 Å². The van der Waals surface area contributed by atoms with Crippen LogP contribution in [-0.4, -0.2) is 9.55 Å². The van der Waals surface area contributed by atoms with Crippen LogP contribution in [0.2, 0.25) is 0 Å². The van der Waals surface area contributed by atoms with Crippen LogP contribution < -0.4 is 5.56 Å². The van der Waals surface area contributed by atoms with E-state index in [0.717, 1.165) is 6.07 Å². The van der Waals surface area contributed by atoms with E-state index >= 15 is 0 Å². The van der Waals surface area contributed by atoms with Crippen molar-refractivity contribution in [1.82, 2.24) is 9.55 Å². The minimum Gasteiger partial charge on any atom is -0.268 e. The number of rotatable bonds is 2. The van der Waals surface area contributed by atoms with E-state index in [9.17, 15) is 22.4 Å². The lowest BCUT2D eigenvalue weighted by atomic mass is 10.1. The third-order valence-electron chi connectivity index (χ3n) is 4.39. The van der Waals surface area contributed by atoms with E-state index in [-0.39, 0.29) is 33.5 Å². The normalized spacial score (nSPS) is 11.3. The van der Waals surface area contributed by atoms with Crippen LogP contribution in [0.15, 0.2) is 35.1 Å². The predicted octanol–water partition coefficient (Wildman–Crippen LogP) is 5.75. The molecule has 0 amide bonds. The van der Waals surface area contributed by atoms with Crippen LogP contribution in [0.25, 0.3) is 16.6 Å². The zero-order valence-electron chi connectivity index (χ0n) is 16.4. The summed E-state index contributed by atoms with van der Waals surface area (Å²) in [4.78, 5) is 17.3. The summed E-state index contributed by atoms with van der Waals surface area (Å²) in [6, 6.07) is 6.24. The van der Waals surface area contributed by atoms with Crippen molar-refractivity contribution < 1.29 is 17.6 Å². The number of alkyl halides is 3. The molecule has 0 aliphatic rings. The molecule has 0 aliphatic heterocycles. The minimum absolute atomic E-state index is 0.0585. The summed E-state index contributed by atoms with van der Waals surface area (Å²) in [5.74, 6) is -0.215. The number of fused-ring (bicyclic) bond motifs is 1. The van der Waals surface area contributed by atoms with Gasteiger partial charge in [-0.25, -0.2) is 9.37 Å². The number of halogens is 4. The van der Waals surface area contributed by atoms with Gasteiger partial charge in [-0.15, -0.1) is 0 Å². The summed E-state index contributed by atoms with van der Waals surface area (Å²) in [6.45, 7) is 8.57. The first-order chi connectivity index (χ1) is 13.1. The highest BCUT2D eigenvalue weighted by atomic mass is 19.4. The van der Waals surface area contributed by atoms with Gasteiger partial charge in [0, 0.05) is 12.5 Å². The second-order valence-corrected chi connectivity index (χ2v) is 6.09. The van der Waals surface area contributed by atoms with Crippen LogP contribution in [0.1, 0.15) is 43.3 Å². The van der Waals surface area contributed by atoms with Gasteiger partial charge in [-0.1, -0.05) is 26.8 Å². The summed E-state index contributed by atoms with van der Waals surface area (Å²) < 4.78 is 54.7. The van der Waals surface area contributed by atoms with Gasteiger partial charge in [0.25, 0.3) is 5.56 Å². The topological polar surface area (TPSA) is 34.9 Å². The van der Waals surface area contributed by atoms with Gasteiger partial charge < -0.3 is 0 Å². The Bertz CT molecular complexity index is 1070. The maximum Gasteiger partial charge on any atom is 0.416 e. The molecule has 3 rings (SSSR count). The van der Waals surface area contributed by atoms with Gasteiger partial charge in [0.15, 0.2) is 0 Å². The molecule has 0 N–H and O–H groups in total. The minimum atomic E-state index is -4.53. The number of aromatic nitrogens is 2. The van der Waals surface area contributed by atoms with Crippen molar-refractivity contribution in [2.75, 3.05) is 0 Å². The lowest BCUT2D eigenvalue weighted by molar-refractivity contribution is -0.138. The first-order valence-corrected chi connectivity index (χ1v) is 9.04. The molecule has 0 bridgehead atoms. The Morgan fingerprint density at radius 3 is 2.32 bits per heavy atom. The summed E-state index contributed by atoms with van der Waals surface area (Å²) in [5, 5.41) is 0.165. The molecule has 0 fully saturated rings. The fourth-order valence-corrected chi connectivity index (χ4v) is 3.02. The average Bonchev–Trinajstić information content (AvgIpc) is 2.64. The molecule has 150 valence electrons. The van der Waals surface area contributed by atoms with E-state index in [1.165, 1.54) is 42.7 Å². The average molecular weight is 394 g/mol. The molecule has 0 atom stereocenters. The lowest BCUT2D eigenvalue weighted by Gasteiger charge is -2.18. The summed E-state index contributed by atoms with van der Waals surface area (Å²) in [5.41, 5.74) is -0.796. The van der Waals surface area contributed by atoms with Gasteiger partial charge in [0.2, 0.25) is 0 Å². The van der Waals surface area contributed by atoms with Gasteiger partial charge in [0.05, 0.1) is 22.2 Å². The molecule has 0 aliphatic carbocycles. The predicted molar refractivity (Wildman–Crippen MR) is 103 cm³/mol. The number of nitrogens with zero attached hydrogens (tertiary/aromatic N) is 2. The van der Waals surface area contributed by atoms with E-state index in [1.54, 1.807) is 6.92 Å². The van der Waals surface area contributed by atoms with Gasteiger partial charge in [-0.2, -0.15) is 13.2 Å². The van der Waals surface area contributed by atoms with Gasteiger partial charge in [0.1, 0.15) is 11.6 Å². The summed E-state index contributed by atoms with van der Waals surface area (Å²) >= 11 is 0. The molecular weight excluding hydrogens is 372 g/mol. The van der Waals surface area contributed by atoms with Crippen LogP contribution in [0.5, 0.6) is 0 Å². The lowest BCUT2D eigenvalue weighted by Crippen LogP contribution is -2.25. The highest BCUT2D eigenvalue weighted by molar-refractivity contribution is 5.79. The Labute approximate surface area is 160 Å². The molecule has 0 saturated heterocycles. The smallest absolute Gasteiger partial charge is 0.268 e. The van der Waals surface area contributed by atoms with Crippen LogP contribution in [-0.2, 0) is 12.6 Å². The third-order valence-corrected chi connectivity index (χ3v) is 4.39. The summed E-state index contributed by atoms with van der Waals surface area (Å²) in [7, 11) is 0. The Morgan fingerprint density at radius 1 is 1.11 bits per heavy atom. The van der Waals surface area contributed by atoms with Gasteiger partial charge >= 0.3 is 6.18 Å². The van der Waals surface area contributed by atoms with Crippen molar-refractivity contribution in [3.63, 3.8) is 0 Å². The Balaban J connectivity index is 0.00000136. The molecular formula is C21H22F4N2O. The van der Waals surface area contributed by atoms with E-state index in [4.69, 9.17) is 0 Å². The first-order valence-electron chi connectivity index (χ1n) is 9.04. The maximum atomic E-state index is 13.8. The zero-order chi connectivity index (χ0) is 21.2. The van der Waals surface area contributed by atoms with Crippen LogP contribution >= 0.6 is 0 Å². The zero-order valence-corrected chi connectivity index (χ0v) is 16.4. The molecule has 3 aromatic rings. The first kappa shape index (κ1) is 21.6. The van der Waals surface area contributed by atoms with Crippen LogP contribution in [0.3, 0.4) is 0 Å². The standard InChI is InChI=1S/C19H16F4N2O.C2H6/c1-4-17-24-15-9-14(20)10(2)8-12(15)18(26)25(17)16-7-5-6-13(11(16)3)19(21,22)23;1-2/h5-9H,4H2,1-3H3;1-2H3. The van der Waals surface area contributed by atoms with Gasteiger partial charge in [-0.3, -0.25) is 9.36 Å². The molecule has 1 heterocycles. The second kappa shape index (κ2) is 8.12. The molecule has 7 heteroatoms. The molecule has 0 spiro atoms. The number of hydrogen-bond acceptors (Lipinski definition) is 2. The van der Waals surface area contributed by atoms with Crippen molar-refractivity contribution in [3.05, 3.63) is 69.0 Å². The Kier molecular flexibility index (Phi) is 6.27. The molecule has 3 nitrogen and oxygen atoms in total. The molecule has 28 heavy (non-hydrogen) atoms. The van der Waals surface area contributed by atoms with Crippen molar-refractivity contribution in [1.29, 1.82) is 0 Å². The van der Waals surface area contributed by atoms with E-state index < -0.39 is 23.1 Å². The highest BCUT2D eigenvalue weighted by Gasteiger charge is 2.33.